The van der Waals surface area contributed by atoms with E-state index < -0.39 is 47.7 Å². The SMILES string of the molecule is O=C1CC(=O)C2CC3C(=O)OC(=O)C3CC12.O=C1CC(=O)c2cc(-c3ccc4c(c3)C(=O)OC4=O)ccc21.O=C1CC(=O)c2cc3c(cc21)C(=O)OC3=O. The molecule has 0 radical (unpaired) electrons. The van der Waals surface area contributed by atoms with Crippen LogP contribution in [0.2, 0.25) is 0 Å². The van der Waals surface area contributed by atoms with Gasteiger partial charge in [-0.1, -0.05) is 18.2 Å². The number of ketones is 6. The van der Waals surface area contributed by atoms with Crippen LogP contribution in [0.3, 0.4) is 0 Å². The molecule has 7 aliphatic rings. The van der Waals surface area contributed by atoms with E-state index in [9.17, 15) is 57.5 Å². The maximum Gasteiger partial charge on any atom is 0.346 e. The Hall–Kier alpha value is -6.90. The normalized spacial score (nSPS) is 24.1. The Morgan fingerprint density at radius 2 is 0.722 bits per heavy atom. The Morgan fingerprint density at radius 1 is 0.352 bits per heavy atom. The van der Waals surface area contributed by atoms with Gasteiger partial charge in [0.25, 0.3) is 0 Å². The van der Waals surface area contributed by atoms with Crippen LogP contribution in [0.15, 0.2) is 48.5 Å². The Kier molecular flexibility index (Phi) is 7.83. The summed E-state index contributed by atoms with van der Waals surface area (Å²) < 4.78 is 13.5. The topological polar surface area (TPSA) is 233 Å². The summed E-state index contributed by atoms with van der Waals surface area (Å²) in [6, 6.07) is 12.3. The minimum atomic E-state index is -0.769. The number of hydrogen-bond acceptors (Lipinski definition) is 15. The lowest BCUT2D eigenvalue weighted by molar-refractivity contribution is -0.153. The van der Waals surface area contributed by atoms with Crippen LogP contribution in [0.4, 0.5) is 0 Å². The van der Waals surface area contributed by atoms with Crippen molar-refractivity contribution in [3.8, 4) is 11.1 Å². The molecule has 3 heterocycles. The first-order chi connectivity index (χ1) is 25.7. The Labute approximate surface area is 301 Å². The second-order valence-corrected chi connectivity index (χ2v) is 13.6. The first kappa shape index (κ1) is 34.2. The van der Waals surface area contributed by atoms with Crippen LogP contribution in [0.1, 0.15) is 115 Å². The molecule has 3 aromatic rings. The predicted molar refractivity (Wildman–Crippen MR) is 173 cm³/mol. The van der Waals surface area contributed by atoms with E-state index in [1.54, 1.807) is 30.3 Å². The van der Waals surface area contributed by atoms with Gasteiger partial charge in [-0.05, 0) is 54.3 Å². The Bertz CT molecular complexity index is 2200. The van der Waals surface area contributed by atoms with Crippen molar-refractivity contribution in [1.29, 1.82) is 0 Å². The number of benzene rings is 3. The van der Waals surface area contributed by atoms with Gasteiger partial charge < -0.3 is 14.2 Å². The highest BCUT2D eigenvalue weighted by Gasteiger charge is 2.56. The molecule has 3 aromatic carbocycles. The van der Waals surface area contributed by atoms with Crippen molar-refractivity contribution in [2.75, 3.05) is 0 Å². The number of esters is 6. The van der Waals surface area contributed by atoms with Gasteiger partial charge in [-0.2, -0.15) is 0 Å². The lowest BCUT2D eigenvalue weighted by Crippen LogP contribution is -2.35. The first-order valence-electron chi connectivity index (χ1n) is 16.6. The van der Waals surface area contributed by atoms with Crippen molar-refractivity contribution in [1.82, 2.24) is 0 Å². The summed E-state index contributed by atoms with van der Waals surface area (Å²) in [6.07, 6.45) is 0.304. The fourth-order valence-electron chi connectivity index (χ4n) is 7.85. The monoisotopic (exact) mass is 730 g/mol. The van der Waals surface area contributed by atoms with Gasteiger partial charge in [0.2, 0.25) is 0 Å². The number of carbonyl (C=O) groups is 12. The molecule has 0 N–H and O–H groups in total. The molecule has 54 heavy (non-hydrogen) atoms. The minimum Gasteiger partial charge on any atom is -0.393 e. The number of rotatable bonds is 1. The minimum absolute atomic E-state index is 0.0298. The van der Waals surface area contributed by atoms with Crippen molar-refractivity contribution in [2.45, 2.75) is 32.1 Å². The smallest absolute Gasteiger partial charge is 0.346 e. The average molecular weight is 731 g/mol. The third-order valence-corrected chi connectivity index (χ3v) is 10.6. The van der Waals surface area contributed by atoms with Crippen LogP contribution >= 0.6 is 0 Å². The predicted octanol–water partition coefficient (Wildman–Crippen LogP) is 3.07. The zero-order valence-electron chi connectivity index (χ0n) is 27.6. The van der Waals surface area contributed by atoms with Crippen LogP contribution < -0.4 is 0 Å². The summed E-state index contributed by atoms with van der Waals surface area (Å²) in [4.78, 5) is 138. The number of cyclic esters (lactones) is 6. The highest BCUT2D eigenvalue weighted by Crippen LogP contribution is 2.46. The average Bonchev–Trinajstić information content (AvgIpc) is 3.93. The van der Waals surface area contributed by atoms with Crippen LogP contribution in [-0.4, -0.2) is 70.5 Å². The van der Waals surface area contributed by atoms with Crippen molar-refractivity contribution >= 4 is 70.5 Å². The second kappa shape index (κ2) is 12.4. The molecule has 3 aliphatic heterocycles. The zero-order valence-corrected chi connectivity index (χ0v) is 27.6. The molecule has 0 bridgehead atoms. The van der Waals surface area contributed by atoms with Crippen LogP contribution in [0, 0.1) is 23.7 Å². The molecule has 4 aliphatic carbocycles. The van der Waals surface area contributed by atoms with Gasteiger partial charge >= 0.3 is 35.8 Å². The first-order valence-corrected chi connectivity index (χ1v) is 16.6. The van der Waals surface area contributed by atoms with Gasteiger partial charge in [-0.3, -0.25) is 38.4 Å². The standard InChI is InChI=1S/C17H8O5.C11H10O5.C11H4O5/c18-14-7-15(19)12-5-8(1-3-10(12)14)9-2-4-11-13(6-9)17(21)22-16(11)20;2*12-8-3-9(13)5-2-7-6(1-4(5)8)10(14)16-11(7)15/h1-6H,7H2;4-7H,1-3H2;1-2H,3H2. The van der Waals surface area contributed by atoms with Gasteiger partial charge in [0.1, 0.15) is 11.6 Å². The lowest BCUT2D eigenvalue weighted by atomic mass is 9.70. The van der Waals surface area contributed by atoms with E-state index in [0.29, 0.717) is 35.1 Å². The summed E-state index contributed by atoms with van der Waals surface area (Å²) in [7, 11) is 0. The molecule has 268 valence electrons. The van der Waals surface area contributed by atoms with Gasteiger partial charge in [-0.25, -0.2) is 19.2 Å². The van der Waals surface area contributed by atoms with Crippen LogP contribution in [0.5, 0.6) is 0 Å². The number of ether oxygens (including phenoxy) is 3. The van der Waals surface area contributed by atoms with Gasteiger partial charge in [0.05, 0.1) is 53.4 Å². The second-order valence-electron chi connectivity index (χ2n) is 13.6. The molecule has 2 saturated carbocycles. The molecular formula is C39H22O15. The number of Topliss-reactive ketones (excluding diaryl/α,β-unsaturated/α-hetero) is 6. The summed E-state index contributed by atoms with van der Waals surface area (Å²) >= 11 is 0. The third kappa shape index (κ3) is 5.43. The van der Waals surface area contributed by atoms with E-state index in [-0.39, 0.29) is 99.2 Å². The quantitative estimate of drug-likeness (QED) is 0.199. The van der Waals surface area contributed by atoms with E-state index in [2.05, 4.69) is 14.2 Å². The van der Waals surface area contributed by atoms with Gasteiger partial charge in [-0.15, -0.1) is 0 Å². The van der Waals surface area contributed by atoms with Crippen LogP contribution in [0.25, 0.3) is 11.1 Å². The number of carbonyl (C=O) groups excluding carboxylic acids is 12. The van der Waals surface area contributed by atoms with E-state index in [4.69, 9.17) is 0 Å². The third-order valence-electron chi connectivity index (χ3n) is 10.6. The maximum absolute atomic E-state index is 11.8. The van der Waals surface area contributed by atoms with E-state index >= 15 is 0 Å². The molecule has 4 unspecified atom stereocenters. The van der Waals surface area contributed by atoms with Gasteiger partial charge in [0, 0.05) is 34.1 Å². The molecule has 4 atom stereocenters. The molecule has 0 aromatic heterocycles. The highest BCUT2D eigenvalue weighted by atomic mass is 16.6. The number of fused-ring (bicyclic) bond motifs is 6. The summed E-state index contributed by atoms with van der Waals surface area (Å²) in [5, 5.41) is 0. The van der Waals surface area contributed by atoms with Crippen molar-refractivity contribution < 1.29 is 71.7 Å². The van der Waals surface area contributed by atoms with Gasteiger partial charge in [0.15, 0.2) is 23.1 Å². The fraction of sp³-hybridized carbons (Fsp3) is 0.231. The zero-order chi connectivity index (χ0) is 38.3. The molecular weight excluding hydrogens is 708 g/mol. The molecule has 0 spiro atoms. The number of hydrogen-bond donors (Lipinski definition) is 0. The fourth-order valence-corrected chi connectivity index (χ4v) is 7.85. The summed E-state index contributed by atoms with van der Waals surface area (Å²) in [5.74, 6) is -6.80. The maximum atomic E-state index is 11.8. The van der Waals surface area contributed by atoms with Crippen molar-refractivity contribution in [3.05, 3.63) is 93.0 Å². The molecule has 3 fully saturated rings. The lowest BCUT2D eigenvalue weighted by Gasteiger charge is -2.28. The Morgan fingerprint density at radius 3 is 1.20 bits per heavy atom. The molecule has 10 rings (SSSR count). The molecule has 1 saturated heterocycles. The largest absolute Gasteiger partial charge is 0.393 e. The van der Waals surface area contributed by atoms with Crippen LogP contribution in [-0.2, 0) is 33.4 Å². The highest BCUT2D eigenvalue weighted by molar-refractivity contribution is 6.27. The summed E-state index contributed by atoms with van der Waals surface area (Å²) in [6.45, 7) is 0. The summed E-state index contributed by atoms with van der Waals surface area (Å²) in [5.41, 5.74) is 3.21. The van der Waals surface area contributed by atoms with E-state index in [1.807, 2.05) is 0 Å². The van der Waals surface area contributed by atoms with Crippen molar-refractivity contribution in [3.63, 3.8) is 0 Å². The molecule has 0 amide bonds. The Balaban J connectivity index is 0.000000117. The van der Waals surface area contributed by atoms with E-state index in [1.165, 1.54) is 18.2 Å². The molecule has 15 heteroatoms. The molecule has 15 nitrogen and oxygen atoms in total. The van der Waals surface area contributed by atoms with Crippen molar-refractivity contribution in [2.24, 2.45) is 23.7 Å². The van der Waals surface area contributed by atoms with E-state index in [0.717, 1.165) is 0 Å².